The van der Waals surface area contributed by atoms with Gasteiger partial charge in [0.2, 0.25) is 29.1 Å². The van der Waals surface area contributed by atoms with E-state index in [1.54, 1.807) is 0 Å². The molecule has 1 aliphatic rings. The van der Waals surface area contributed by atoms with Gasteiger partial charge in [0.15, 0.2) is 5.75 Å². The van der Waals surface area contributed by atoms with E-state index >= 15 is 0 Å². The Morgan fingerprint density at radius 1 is 0.882 bits per heavy atom. The standard InChI is InChI=1S/C10H8F5NO/c11-5-6(12)8(14)10(9(15)7(5)13)17-4-1-2-16-3-4/h4,16H,1-3H2/t4-/m1/s1. The molecule has 0 unspecified atom stereocenters. The number of nitrogens with one attached hydrogen (secondary N) is 1. The topological polar surface area (TPSA) is 21.3 Å². The second-order valence-corrected chi connectivity index (χ2v) is 3.63. The molecular formula is C10H8F5NO. The van der Waals surface area contributed by atoms with E-state index in [4.69, 9.17) is 4.74 Å². The molecule has 17 heavy (non-hydrogen) atoms. The SMILES string of the molecule is Fc1c(F)c(F)c(O[C@@H]2CCNC2)c(F)c1F. The van der Waals surface area contributed by atoms with Crippen molar-refractivity contribution in [3.63, 3.8) is 0 Å². The summed E-state index contributed by atoms with van der Waals surface area (Å²) in [6.45, 7) is 0.875. The zero-order valence-corrected chi connectivity index (χ0v) is 8.50. The Bertz CT molecular complexity index is 416. The van der Waals surface area contributed by atoms with Gasteiger partial charge in [0.05, 0.1) is 0 Å². The van der Waals surface area contributed by atoms with Crippen LogP contribution in [0, 0.1) is 29.1 Å². The summed E-state index contributed by atoms with van der Waals surface area (Å²) < 4.78 is 69.5. The van der Waals surface area contributed by atoms with Crippen LogP contribution in [0.2, 0.25) is 0 Å². The molecule has 2 rings (SSSR count). The summed E-state index contributed by atoms with van der Waals surface area (Å²) in [5.41, 5.74) is 0. The van der Waals surface area contributed by atoms with Crippen molar-refractivity contribution in [2.75, 3.05) is 13.1 Å². The lowest BCUT2D eigenvalue weighted by atomic mass is 10.2. The Morgan fingerprint density at radius 3 is 1.88 bits per heavy atom. The zero-order chi connectivity index (χ0) is 12.6. The third kappa shape index (κ3) is 2.06. The first-order valence-corrected chi connectivity index (χ1v) is 4.91. The fourth-order valence-corrected chi connectivity index (χ4v) is 1.58. The van der Waals surface area contributed by atoms with Gasteiger partial charge in [-0.05, 0) is 13.0 Å². The molecule has 0 radical (unpaired) electrons. The largest absolute Gasteiger partial charge is 0.483 e. The van der Waals surface area contributed by atoms with Crippen LogP contribution in [0.25, 0.3) is 0 Å². The van der Waals surface area contributed by atoms with E-state index < -0.39 is 40.9 Å². The molecule has 1 aromatic carbocycles. The van der Waals surface area contributed by atoms with Gasteiger partial charge in [-0.15, -0.1) is 0 Å². The maximum Gasteiger partial charge on any atom is 0.207 e. The van der Waals surface area contributed by atoms with Gasteiger partial charge >= 0.3 is 0 Å². The van der Waals surface area contributed by atoms with Crippen molar-refractivity contribution in [2.45, 2.75) is 12.5 Å². The predicted molar refractivity (Wildman–Crippen MR) is 48.1 cm³/mol. The second-order valence-electron chi connectivity index (χ2n) is 3.63. The van der Waals surface area contributed by atoms with Crippen LogP contribution in [-0.4, -0.2) is 19.2 Å². The number of halogens is 5. The van der Waals surface area contributed by atoms with Crippen molar-refractivity contribution in [1.29, 1.82) is 0 Å². The van der Waals surface area contributed by atoms with Gasteiger partial charge in [-0.1, -0.05) is 0 Å². The molecule has 0 bridgehead atoms. The summed E-state index contributed by atoms with van der Waals surface area (Å²) in [6, 6.07) is 0. The van der Waals surface area contributed by atoms with Crippen molar-refractivity contribution >= 4 is 0 Å². The third-order valence-corrected chi connectivity index (χ3v) is 2.47. The van der Waals surface area contributed by atoms with E-state index in [0.29, 0.717) is 19.5 Å². The monoisotopic (exact) mass is 253 g/mol. The second kappa shape index (κ2) is 4.48. The highest BCUT2D eigenvalue weighted by Gasteiger charge is 2.29. The maximum absolute atomic E-state index is 13.2. The minimum absolute atomic E-state index is 0.305. The lowest BCUT2D eigenvalue weighted by molar-refractivity contribution is 0.193. The molecule has 1 aliphatic heterocycles. The molecule has 1 atom stereocenters. The first-order chi connectivity index (χ1) is 8.02. The fourth-order valence-electron chi connectivity index (χ4n) is 1.58. The summed E-state index contributed by atoms with van der Waals surface area (Å²) in [5, 5.41) is 2.84. The molecule has 1 N–H and O–H groups in total. The molecule has 7 heteroatoms. The first kappa shape index (κ1) is 12.1. The van der Waals surface area contributed by atoms with Crippen LogP contribution in [0.5, 0.6) is 5.75 Å². The average molecular weight is 253 g/mol. The molecule has 1 heterocycles. The van der Waals surface area contributed by atoms with Crippen LogP contribution in [0.1, 0.15) is 6.42 Å². The first-order valence-electron chi connectivity index (χ1n) is 4.91. The molecule has 2 nitrogen and oxygen atoms in total. The normalized spacial score (nSPS) is 19.7. The summed E-state index contributed by atoms with van der Waals surface area (Å²) in [5.74, 6) is -11.3. The molecule has 0 aromatic heterocycles. The molecule has 1 aromatic rings. The maximum atomic E-state index is 13.2. The number of rotatable bonds is 2. The van der Waals surface area contributed by atoms with Gasteiger partial charge in [0, 0.05) is 6.54 Å². The Kier molecular flexibility index (Phi) is 3.19. The Balaban J connectivity index is 2.38. The van der Waals surface area contributed by atoms with Crippen LogP contribution < -0.4 is 10.1 Å². The molecule has 0 spiro atoms. The molecular weight excluding hydrogens is 245 g/mol. The van der Waals surface area contributed by atoms with Crippen LogP contribution in [0.4, 0.5) is 22.0 Å². The van der Waals surface area contributed by atoms with Gasteiger partial charge in [-0.25, -0.2) is 13.2 Å². The predicted octanol–water partition coefficient (Wildman–Crippen LogP) is 2.12. The van der Waals surface area contributed by atoms with Crippen LogP contribution in [0.3, 0.4) is 0 Å². The van der Waals surface area contributed by atoms with E-state index in [-0.39, 0.29) is 0 Å². The Labute approximate surface area is 93.4 Å². The smallest absolute Gasteiger partial charge is 0.207 e. The molecule has 0 amide bonds. The molecule has 1 fully saturated rings. The summed E-state index contributed by atoms with van der Waals surface area (Å²) >= 11 is 0. The van der Waals surface area contributed by atoms with Crippen molar-refractivity contribution in [1.82, 2.24) is 5.32 Å². The Morgan fingerprint density at radius 2 is 1.41 bits per heavy atom. The third-order valence-electron chi connectivity index (χ3n) is 2.47. The Hall–Kier alpha value is -1.37. The van der Waals surface area contributed by atoms with Gasteiger partial charge in [-0.2, -0.15) is 8.78 Å². The lowest BCUT2D eigenvalue weighted by Crippen LogP contribution is -2.21. The van der Waals surface area contributed by atoms with Gasteiger partial charge in [-0.3, -0.25) is 0 Å². The van der Waals surface area contributed by atoms with E-state index in [0.717, 1.165) is 0 Å². The van der Waals surface area contributed by atoms with Gasteiger partial charge in [0.1, 0.15) is 6.10 Å². The minimum Gasteiger partial charge on any atom is -0.483 e. The fraction of sp³-hybridized carbons (Fsp3) is 0.400. The number of ether oxygens (including phenoxy) is 1. The van der Waals surface area contributed by atoms with Gasteiger partial charge < -0.3 is 10.1 Å². The van der Waals surface area contributed by atoms with Crippen molar-refractivity contribution in [2.24, 2.45) is 0 Å². The average Bonchev–Trinajstić information content (AvgIpc) is 2.82. The number of hydrogen-bond donors (Lipinski definition) is 1. The van der Waals surface area contributed by atoms with Gasteiger partial charge in [0.25, 0.3) is 0 Å². The highest BCUT2D eigenvalue weighted by atomic mass is 19.2. The quantitative estimate of drug-likeness (QED) is 0.495. The number of benzene rings is 1. The van der Waals surface area contributed by atoms with E-state index in [1.807, 2.05) is 0 Å². The van der Waals surface area contributed by atoms with Crippen molar-refractivity contribution < 1.29 is 26.7 Å². The molecule has 94 valence electrons. The summed E-state index contributed by atoms with van der Waals surface area (Å²) in [6.07, 6.45) is -0.150. The summed E-state index contributed by atoms with van der Waals surface area (Å²) in [4.78, 5) is 0. The van der Waals surface area contributed by atoms with E-state index in [2.05, 4.69) is 5.32 Å². The highest BCUT2D eigenvalue weighted by Crippen LogP contribution is 2.30. The van der Waals surface area contributed by atoms with Crippen LogP contribution in [-0.2, 0) is 0 Å². The zero-order valence-electron chi connectivity index (χ0n) is 8.50. The molecule has 1 saturated heterocycles. The van der Waals surface area contributed by atoms with E-state index in [1.165, 1.54) is 0 Å². The number of hydrogen-bond acceptors (Lipinski definition) is 2. The molecule has 0 saturated carbocycles. The lowest BCUT2D eigenvalue weighted by Gasteiger charge is -2.14. The summed E-state index contributed by atoms with van der Waals surface area (Å²) in [7, 11) is 0. The van der Waals surface area contributed by atoms with Crippen molar-refractivity contribution in [3.05, 3.63) is 29.1 Å². The van der Waals surface area contributed by atoms with Crippen LogP contribution >= 0.6 is 0 Å². The highest BCUT2D eigenvalue weighted by molar-refractivity contribution is 5.30. The van der Waals surface area contributed by atoms with Crippen LogP contribution in [0.15, 0.2) is 0 Å². The van der Waals surface area contributed by atoms with Crippen molar-refractivity contribution in [3.8, 4) is 5.75 Å². The van der Waals surface area contributed by atoms with E-state index in [9.17, 15) is 22.0 Å². The molecule has 0 aliphatic carbocycles. The minimum atomic E-state index is -2.18.